The zero-order chi connectivity index (χ0) is 18.9. The predicted octanol–water partition coefficient (Wildman–Crippen LogP) is 3.11. The highest BCUT2D eigenvalue weighted by atomic mass is 35.5. The molecule has 2 atom stereocenters. The number of nitrogens with one attached hydrogen (secondary N) is 2. The SMILES string of the molecule is CC1CCCCC12NC(=O)N(CC(=O)NCc1ccc(Cl)cc1Cl)C2=O. The highest BCUT2D eigenvalue weighted by Gasteiger charge is 2.55. The van der Waals surface area contributed by atoms with Gasteiger partial charge in [-0.1, -0.05) is 49.0 Å². The molecule has 4 amide bonds. The van der Waals surface area contributed by atoms with Crippen molar-refractivity contribution in [2.75, 3.05) is 6.54 Å². The highest BCUT2D eigenvalue weighted by molar-refractivity contribution is 6.35. The maximum absolute atomic E-state index is 12.8. The molecule has 3 rings (SSSR count). The molecular formula is C18H21Cl2N3O3. The minimum Gasteiger partial charge on any atom is -0.350 e. The molecule has 2 aliphatic rings. The molecule has 1 aliphatic carbocycles. The first-order valence-electron chi connectivity index (χ1n) is 8.68. The predicted molar refractivity (Wildman–Crippen MR) is 98.9 cm³/mol. The Morgan fingerprint density at radius 1 is 1.35 bits per heavy atom. The average Bonchev–Trinajstić information content (AvgIpc) is 2.82. The summed E-state index contributed by atoms with van der Waals surface area (Å²) in [6.45, 7) is 1.87. The van der Waals surface area contributed by atoms with Gasteiger partial charge in [-0.15, -0.1) is 0 Å². The fraction of sp³-hybridized carbons (Fsp3) is 0.500. The van der Waals surface area contributed by atoms with Crippen LogP contribution >= 0.6 is 23.2 Å². The largest absolute Gasteiger partial charge is 0.350 e. The molecule has 2 fully saturated rings. The number of hydrogen-bond acceptors (Lipinski definition) is 3. The molecule has 26 heavy (non-hydrogen) atoms. The molecule has 1 aromatic carbocycles. The third kappa shape index (κ3) is 3.53. The summed E-state index contributed by atoms with van der Waals surface area (Å²) in [5.74, 6) is -0.650. The number of rotatable bonds is 4. The highest BCUT2D eigenvalue weighted by Crippen LogP contribution is 2.38. The summed E-state index contributed by atoms with van der Waals surface area (Å²) in [5.41, 5.74) is -0.145. The lowest BCUT2D eigenvalue weighted by atomic mass is 9.73. The number of carbonyl (C=O) groups excluding carboxylic acids is 3. The van der Waals surface area contributed by atoms with E-state index in [1.54, 1.807) is 18.2 Å². The van der Waals surface area contributed by atoms with Crippen molar-refractivity contribution < 1.29 is 14.4 Å². The Morgan fingerprint density at radius 3 is 2.81 bits per heavy atom. The van der Waals surface area contributed by atoms with E-state index in [4.69, 9.17) is 23.2 Å². The Bertz CT molecular complexity index is 755. The standard InChI is InChI=1S/C18H21Cl2N3O3/c1-11-4-2-3-7-18(11)16(25)23(17(26)22-18)10-15(24)21-9-12-5-6-13(19)8-14(12)20/h5-6,8,11H,2-4,7,9-10H2,1H3,(H,21,24)(H,22,26). The lowest BCUT2D eigenvalue weighted by Gasteiger charge is -2.36. The summed E-state index contributed by atoms with van der Waals surface area (Å²) < 4.78 is 0. The number of hydrogen-bond donors (Lipinski definition) is 2. The molecule has 1 aliphatic heterocycles. The number of carbonyl (C=O) groups is 3. The van der Waals surface area contributed by atoms with Gasteiger partial charge < -0.3 is 10.6 Å². The molecule has 0 radical (unpaired) electrons. The minimum absolute atomic E-state index is 0.0636. The van der Waals surface area contributed by atoms with Gasteiger partial charge in [0.1, 0.15) is 12.1 Å². The lowest BCUT2D eigenvalue weighted by molar-refractivity contribution is -0.137. The van der Waals surface area contributed by atoms with Crippen molar-refractivity contribution in [1.82, 2.24) is 15.5 Å². The fourth-order valence-corrected chi connectivity index (χ4v) is 4.17. The van der Waals surface area contributed by atoms with Crippen LogP contribution in [0.25, 0.3) is 0 Å². The van der Waals surface area contributed by atoms with Crippen molar-refractivity contribution in [2.24, 2.45) is 5.92 Å². The van der Waals surface area contributed by atoms with E-state index in [1.165, 1.54) is 0 Å². The average molecular weight is 398 g/mol. The quantitative estimate of drug-likeness (QED) is 0.765. The van der Waals surface area contributed by atoms with Crippen LogP contribution in [-0.4, -0.2) is 34.8 Å². The van der Waals surface area contributed by atoms with Crippen LogP contribution in [0.1, 0.15) is 38.2 Å². The first kappa shape index (κ1) is 19.0. The zero-order valence-corrected chi connectivity index (χ0v) is 16.0. The van der Waals surface area contributed by atoms with Gasteiger partial charge in [-0.3, -0.25) is 14.5 Å². The molecule has 1 heterocycles. The van der Waals surface area contributed by atoms with E-state index in [0.717, 1.165) is 24.2 Å². The molecule has 2 unspecified atom stereocenters. The summed E-state index contributed by atoms with van der Waals surface area (Å²) in [7, 11) is 0. The van der Waals surface area contributed by atoms with Crippen molar-refractivity contribution in [3.05, 3.63) is 33.8 Å². The summed E-state index contributed by atoms with van der Waals surface area (Å²) >= 11 is 11.9. The molecule has 2 N–H and O–H groups in total. The summed E-state index contributed by atoms with van der Waals surface area (Å²) in [5, 5.41) is 6.48. The Balaban J connectivity index is 1.62. The molecule has 1 spiro atoms. The first-order valence-corrected chi connectivity index (χ1v) is 9.44. The van der Waals surface area contributed by atoms with Gasteiger partial charge in [0, 0.05) is 16.6 Å². The molecule has 0 bridgehead atoms. The van der Waals surface area contributed by atoms with Crippen LogP contribution in [0.4, 0.5) is 4.79 Å². The van der Waals surface area contributed by atoms with E-state index in [9.17, 15) is 14.4 Å². The Kier molecular flexibility index (Phi) is 5.44. The molecule has 8 heteroatoms. The number of imide groups is 1. The summed E-state index contributed by atoms with van der Waals surface area (Å²) in [6.07, 6.45) is 3.46. The van der Waals surface area contributed by atoms with Crippen molar-refractivity contribution in [3.63, 3.8) is 0 Å². The monoisotopic (exact) mass is 397 g/mol. The Morgan fingerprint density at radius 2 is 2.12 bits per heavy atom. The summed E-state index contributed by atoms with van der Waals surface area (Å²) in [6, 6.07) is 4.50. The van der Waals surface area contributed by atoms with E-state index in [2.05, 4.69) is 10.6 Å². The van der Waals surface area contributed by atoms with E-state index in [1.807, 2.05) is 6.92 Å². The molecule has 1 saturated carbocycles. The van der Waals surface area contributed by atoms with Gasteiger partial charge >= 0.3 is 6.03 Å². The van der Waals surface area contributed by atoms with Crippen LogP contribution in [-0.2, 0) is 16.1 Å². The maximum Gasteiger partial charge on any atom is 0.325 e. The molecule has 1 aromatic rings. The summed E-state index contributed by atoms with van der Waals surface area (Å²) in [4.78, 5) is 38.4. The van der Waals surface area contributed by atoms with Gasteiger partial charge in [-0.05, 0) is 36.5 Å². The van der Waals surface area contributed by atoms with E-state index in [-0.39, 0.29) is 24.9 Å². The van der Waals surface area contributed by atoms with Gasteiger partial charge in [-0.2, -0.15) is 0 Å². The fourth-order valence-electron chi connectivity index (χ4n) is 3.70. The number of urea groups is 1. The maximum atomic E-state index is 12.8. The van der Waals surface area contributed by atoms with E-state index >= 15 is 0 Å². The molecule has 140 valence electrons. The van der Waals surface area contributed by atoms with Crippen molar-refractivity contribution in [3.8, 4) is 0 Å². The molecular weight excluding hydrogens is 377 g/mol. The van der Waals surface area contributed by atoms with E-state index < -0.39 is 17.5 Å². The van der Waals surface area contributed by atoms with Crippen molar-refractivity contribution >= 4 is 41.0 Å². The van der Waals surface area contributed by atoms with Crippen molar-refractivity contribution in [2.45, 2.75) is 44.7 Å². The van der Waals surface area contributed by atoms with Crippen LogP contribution in [0, 0.1) is 5.92 Å². The smallest absolute Gasteiger partial charge is 0.325 e. The second-order valence-electron chi connectivity index (χ2n) is 6.95. The normalized spacial score (nSPS) is 25.5. The number of nitrogens with zero attached hydrogens (tertiary/aromatic N) is 1. The van der Waals surface area contributed by atoms with Gasteiger partial charge in [0.05, 0.1) is 0 Å². The van der Waals surface area contributed by atoms with Crippen molar-refractivity contribution in [1.29, 1.82) is 0 Å². The van der Waals surface area contributed by atoms with Crippen LogP contribution in [0.5, 0.6) is 0 Å². The third-order valence-corrected chi connectivity index (χ3v) is 5.88. The molecule has 0 aromatic heterocycles. The number of benzene rings is 1. The first-order chi connectivity index (χ1) is 12.3. The number of amides is 4. The minimum atomic E-state index is -0.852. The van der Waals surface area contributed by atoms with Crippen LogP contribution in [0.3, 0.4) is 0 Å². The molecule has 1 saturated heterocycles. The van der Waals surface area contributed by atoms with Gasteiger partial charge in [-0.25, -0.2) is 4.79 Å². The van der Waals surface area contributed by atoms with Gasteiger partial charge in [0.2, 0.25) is 5.91 Å². The van der Waals surface area contributed by atoms with Gasteiger partial charge in [0.15, 0.2) is 0 Å². The van der Waals surface area contributed by atoms with Crippen LogP contribution in [0.2, 0.25) is 10.0 Å². The second kappa shape index (κ2) is 7.45. The third-order valence-electron chi connectivity index (χ3n) is 5.29. The zero-order valence-electron chi connectivity index (χ0n) is 14.5. The van der Waals surface area contributed by atoms with Crippen LogP contribution in [0.15, 0.2) is 18.2 Å². The topological polar surface area (TPSA) is 78.5 Å². The van der Waals surface area contributed by atoms with Crippen LogP contribution < -0.4 is 10.6 Å². The van der Waals surface area contributed by atoms with Gasteiger partial charge in [0.25, 0.3) is 5.91 Å². The van der Waals surface area contributed by atoms with E-state index in [0.29, 0.717) is 22.0 Å². The Hall–Kier alpha value is -1.79. The lowest BCUT2D eigenvalue weighted by Crippen LogP contribution is -2.54. The molecule has 6 nitrogen and oxygen atoms in total. The Labute approximate surface area is 162 Å². The second-order valence-corrected chi connectivity index (χ2v) is 7.80. The number of halogens is 2.